The third-order valence-corrected chi connectivity index (χ3v) is 4.96. The van der Waals surface area contributed by atoms with Gasteiger partial charge in [-0.25, -0.2) is 4.39 Å². The molecule has 0 aliphatic heterocycles. The number of benzene rings is 3. The zero-order chi connectivity index (χ0) is 20.8. The van der Waals surface area contributed by atoms with Crippen molar-refractivity contribution >= 4 is 34.8 Å². The molecule has 0 spiro atoms. The van der Waals surface area contributed by atoms with Crippen LogP contribution >= 0.6 is 11.8 Å². The number of anilines is 1. The predicted molar refractivity (Wildman–Crippen MR) is 109 cm³/mol. The SMILES string of the molecule is O=C(CSc1cccc(NC(=O)c2ccc([N+](=O)[O-])cc2)c1)c1ccc(F)cc1. The first kappa shape index (κ1) is 20.2. The Morgan fingerprint density at radius 1 is 0.966 bits per heavy atom. The van der Waals surface area contributed by atoms with E-state index in [4.69, 9.17) is 0 Å². The maximum Gasteiger partial charge on any atom is 0.269 e. The van der Waals surface area contributed by atoms with Gasteiger partial charge in [-0.1, -0.05) is 6.07 Å². The lowest BCUT2D eigenvalue weighted by atomic mass is 10.1. The molecule has 0 atom stereocenters. The van der Waals surface area contributed by atoms with E-state index in [0.717, 1.165) is 4.90 Å². The summed E-state index contributed by atoms with van der Waals surface area (Å²) in [5, 5.41) is 13.4. The van der Waals surface area contributed by atoms with Gasteiger partial charge < -0.3 is 5.32 Å². The standard InChI is InChI=1S/C21H15FN2O4S/c22-16-8-4-14(5-9-16)20(25)13-29-19-3-1-2-17(12-19)23-21(26)15-6-10-18(11-7-15)24(27)28/h1-12H,13H2,(H,23,26). The molecule has 6 nitrogen and oxygen atoms in total. The molecule has 3 aromatic rings. The van der Waals surface area contributed by atoms with Gasteiger partial charge in [0.15, 0.2) is 5.78 Å². The van der Waals surface area contributed by atoms with Crippen molar-refractivity contribution in [1.82, 2.24) is 0 Å². The minimum atomic E-state index is -0.532. The molecule has 0 fully saturated rings. The van der Waals surface area contributed by atoms with Crippen molar-refractivity contribution in [3.63, 3.8) is 0 Å². The Bertz CT molecular complexity index is 1050. The lowest BCUT2D eigenvalue weighted by molar-refractivity contribution is -0.384. The van der Waals surface area contributed by atoms with E-state index in [1.165, 1.54) is 60.3 Å². The first-order valence-corrected chi connectivity index (χ1v) is 9.48. The summed E-state index contributed by atoms with van der Waals surface area (Å²) in [6.45, 7) is 0. The normalized spacial score (nSPS) is 10.4. The van der Waals surface area contributed by atoms with Crippen LogP contribution in [-0.2, 0) is 0 Å². The van der Waals surface area contributed by atoms with Gasteiger partial charge in [0.25, 0.3) is 11.6 Å². The zero-order valence-electron chi connectivity index (χ0n) is 15.0. The van der Waals surface area contributed by atoms with E-state index in [1.807, 2.05) is 6.07 Å². The molecule has 0 saturated heterocycles. The van der Waals surface area contributed by atoms with Crippen LogP contribution in [0.5, 0.6) is 0 Å². The van der Waals surface area contributed by atoms with Gasteiger partial charge in [0, 0.05) is 33.8 Å². The maximum atomic E-state index is 12.9. The van der Waals surface area contributed by atoms with E-state index in [-0.39, 0.29) is 17.2 Å². The molecule has 0 unspecified atom stereocenters. The molecule has 8 heteroatoms. The van der Waals surface area contributed by atoms with E-state index < -0.39 is 16.6 Å². The molecule has 0 radical (unpaired) electrons. The van der Waals surface area contributed by atoms with Crippen LogP contribution < -0.4 is 5.32 Å². The van der Waals surface area contributed by atoms with E-state index in [0.29, 0.717) is 16.8 Å². The highest BCUT2D eigenvalue weighted by Gasteiger charge is 2.11. The van der Waals surface area contributed by atoms with E-state index in [2.05, 4.69) is 5.32 Å². The number of carbonyl (C=O) groups is 2. The number of carbonyl (C=O) groups excluding carboxylic acids is 2. The topological polar surface area (TPSA) is 89.3 Å². The van der Waals surface area contributed by atoms with Crippen molar-refractivity contribution in [3.8, 4) is 0 Å². The van der Waals surface area contributed by atoms with Crippen molar-refractivity contribution in [2.24, 2.45) is 0 Å². The Labute approximate surface area is 169 Å². The summed E-state index contributed by atoms with van der Waals surface area (Å²) in [7, 11) is 0. The number of nitro groups is 1. The number of thioether (sulfide) groups is 1. The Hall–Kier alpha value is -3.52. The lowest BCUT2D eigenvalue weighted by Crippen LogP contribution is -2.11. The fourth-order valence-electron chi connectivity index (χ4n) is 2.47. The largest absolute Gasteiger partial charge is 0.322 e. The average Bonchev–Trinajstić information content (AvgIpc) is 2.73. The number of amides is 1. The van der Waals surface area contributed by atoms with Gasteiger partial charge in [-0.3, -0.25) is 19.7 Å². The first-order chi connectivity index (χ1) is 13.9. The number of hydrogen-bond acceptors (Lipinski definition) is 5. The highest BCUT2D eigenvalue weighted by atomic mass is 32.2. The predicted octanol–water partition coefficient (Wildman–Crippen LogP) is 4.96. The van der Waals surface area contributed by atoms with Crippen LogP contribution in [0.15, 0.2) is 77.7 Å². The van der Waals surface area contributed by atoms with Crippen LogP contribution in [0, 0.1) is 15.9 Å². The zero-order valence-corrected chi connectivity index (χ0v) is 15.8. The summed E-state index contributed by atoms with van der Waals surface area (Å²) in [5.41, 5.74) is 1.17. The second-order valence-corrected chi connectivity index (χ2v) is 7.05. The van der Waals surface area contributed by atoms with Gasteiger partial charge in [-0.05, 0) is 54.6 Å². The minimum Gasteiger partial charge on any atom is -0.322 e. The smallest absolute Gasteiger partial charge is 0.269 e. The van der Waals surface area contributed by atoms with E-state index >= 15 is 0 Å². The van der Waals surface area contributed by atoms with Crippen LogP contribution in [0.3, 0.4) is 0 Å². The van der Waals surface area contributed by atoms with Crippen LogP contribution in [0.25, 0.3) is 0 Å². The van der Waals surface area contributed by atoms with Gasteiger partial charge in [0.05, 0.1) is 10.7 Å². The number of non-ortho nitro benzene ring substituents is 1. The van der Waals surface area contributed by atoms with Crippen molar-refractivity contribution in [2.75, 3.05) is 11.1 Å². The lowest BCUT2D eigenvalue weighted by Gasteiger charge is -2.07. The van der Waals surface area contributed by atoms with Gasteiger partial charge in [0.2, 0.25) is 0 Å². The van der Waals surface area contributed by atoms with Gasteiger partial charge >= 0.3 is 0 Å². The summed E-state index contributed by atoms with van der Waals surface area (Å²) >= 11 is 1.30. The number of rotatable bonds is 7. The highest BCUT2D eigenvalue weighted by molar-refractivity contribution is 8.00. The number of nitrogens with one attached hydrogen (secondary N) is 1. The van der Waals surface area contributed by atoms with E-state index in [9.17, 15) is 24.1 Å². The molecule has 3 aromatic carbocycles. The Balaban J connectivity index is 1.61. The van der Waals surface area contributed by atoms with Crippen LogP contribution in [0.2, 0.25) is 0 Å². The highest BCUT2D eigenvalue weighted by Crippen LogP contribution is 2.23. The van der Waals surface area contributed by atoms with E-state index in [1.54, 1.807) is 18.2 Å². The van der Waals surface area contributed by atoms with Gasteiger partial charge in [-0.2, -0.15) is 0 Å². The fourth-order valence-corrected chi connectivity index (χ4v) is 3.32. The van der Waals surface area contributed by atoms with Gasteiger partial charge in [-0.15, -0.1) is 11.8 Å². The van der Waals surface area contributed by atoms with Crippen LogP contribution in [0.1, 0.15) is 20.7 Å². The molecule has 3 rings (SSSR count). The third kappa shape index (κ3) is 5.49. The molecule has 0 saturated carbocycles. The Morgan fingerprint density at radius 2 is 1.62 bits per heavy atom. The fraction of sp³-hybridized carbons (Fsp3) is 0.0476. The quantitative estimate of drug-likeness (QED) is 0.257. The minimum absolute atomic E-state index is 0.0919. The number of ketones is 1. The molecule has 0 aliphatic carbocycles. The molecule has 0 heterocycles. The second-order valence-electron chi connectivity index (χ2n) is 6.00. The Morgan fingerprint density at radius 3 is 2.28 bits per heavy atom. The second kappa shape index (κ2) is 9.11. The number of nitrogens with zero attached hydrogens (tertiary/aromatic N) is 1. The molecule has 0 aromatic heterocycles. The molecule has 146 valence electrons. The van der Waals surface area contributed by atoms with Crippen LogP contribution in [-0.4, -0.2) is 22.4 Å². The number of Topliss-reactive ketones (excluding diaryl/α,β-unsaturated/α-hetero) is 1. The molecule has 29 heavy (non-hydrogen) atoms. The van der Waals surface area contributed by atoms with Crippen molar-refractivity contribution in [3.05, 3.63) is 99.9 Å². The molecule has 1 N–H and O–H groups in total. The molecular weight excluding hydrogens is 395 g/mol. The maximum absolute atomic E-state index is 12.9. The number of halogens is 1. The molecular formula is C21H15FN2O4S. The average molecular weight is 410 g/mol. The number of nitro benzene ring substituents is 1. The first-order valence-electron chi connectivity index (χ1n) is 8.50. The van der Waals surface area contributed by atoms with Crippen LogP contribution in [0.4, 0.5) is 15.8 Å². The van der Waals surface area contributed by atoms with Crippen molar-refractivity contribution in [2.45, 2.75) is 4.90 Å². The van der Waals surface area contributed by atoms with Crippen molar-refractivity contribution < 1.29 is 18.9 Å². The summed E-state index contributed by atoms with van der Waals surface area (Å²) in [6.07, 6.45) is 0. The monoisotopic (exact) mass is 410 g/mol. The summed E-state index contributed by atoms with van der Waals surface area (Å²) in [5.74, 6) is -0.754. The molecule has 0 aliphatic rings. The van der Waals surface area contributed by atoms with Crippen molar-refractivity contribution in [1.29, 1.82) is 0 Å². The summed E-state index contributed by atoms with van der Waals surface area (Å²) in [4.78, 5) is 35.4. The third-order valence-electron chi connectivity index (χ3n) is 3.97. The molecule has 0 bridgehead atoms. The summed E-state index contributed by atoms with van der Waals surface area (Å²) in [6, 6.07) is 17.7. The molecule has 1 amide bonds. The van der Waals surface area contributed by atoms with Gasteiger partial charge in [0.1, 0.15) is 5.82 Å². The number of hydrogen-bond donors (Lipinski definition) is 1. The Kier molecular flexibility index (Phi) is 6.36. The summed E-state index contributed by atoms with van der Waals surface area (Å²) < 4.78 is 12.9.